The normalized spacial score (nSPS) is 16.8. The third-order valence-corrected chi connectivity index (χ3v) is 5.21. The van der Waals surface area contributed by atoms with Crippen LogP contribution in [-0.4, -0.2) is 91.2 Å². The summed E-state index contributed by atoms with van der Waals surface area (Å²) in [6, 6.07) is 0.706. The maximum atomic E-state index is 12.8. The van der Waals surface area contributed by atoms with Gasteiger partial charge in [-0.3, -0.25) is 9.80 Å². The molecule has 12 heteroatoms. The van der Waals surface area contributed by atoms with E-state index in [-0.39, 0.29) is 24.2 Å². The molecule has 1 saturated heterocycles. The Morgan fingerprint density at radius 2 is 2.13 bits per heavy atom. The highest BCUT2D eigenvalue weighted by molar-refractivity contribution is 6.33. The Morgan fingerprint density at radius 1 is 1.40 bits per heavy atom. The average molecular weight is 452 g/mol. The van der Waals surface area contributed by atoms with Crippen molar-refractivity contribution in [1.29, 1.82) is 0 Å². The number of carbonyl (C=O) groups excluding carboxylic acids is 1. The topological polar surface area (TPSA) is 89.0 Å². The molecular weight excluding hydrogens is 427 g/mol. The number of aldehydes is 1. The minimum Gasteiger partial charge on any atom is -0.465 e. The van der Waals surface area contributed by atoms with Crippen molar-refractivity contribution >= 4 is 29.8 Å². The van der Waals surface area contributed by atoms with Gasteiger partial charge in [0.05, 0.1) is 17.1 Å². The maximum Gasteiger partial charge on any atom is 0.417 e. The van der Waals surface area contributed by atoms with Crippen LogP contribution >= 0.6 is 11.6 Å². The predicted octanol–water partition coefficient (Wildman–Crippen LogP) is 2.03. The number of hydrogen-bond donors (Lipinski definition) is 2. The highest BCUT2D eigenvalue weighted by atomic mass is 35.5. The number of likely N-dealkylation sites (N-methyl/N-ethyl adjacent to an activating group) is 1. The number of alkyl halides is 3. The largest absolute Gasteiger partial charge is 0.465 e. The van der Waals surface area contributed by atoms with E-state index in [1.54, 1.807) is 7.05 Å². The molecule has 0 spiro atoms. The van der Waals surface area contributed by atoms with Crippen molar-refractivity contribution in [3.63, 3.8) is 0 Å². The number of carbonyl (C=O) groups is 2. The van der Waals surface area contributed by atoms with E-state index in [4.69, 9.17) is 11.6 Å². The Hall–Kier alpha value is -2.11. The van der Waals surface area contributed by atoms with Crippen LogP contribution < -0.4 is 10.2 Å². The van der Waals surface area contributed by atoms with Crippen molar-refractivity contribution < 1.29 is 27.9 Å². The van der Waals surface area contributed by atoms with Gasteiger partial charge in [-0.2, -0.15) is 13.2 Å². The Morgan fingerprint density at radius 3 is 2.70 bits per heavy atom. The van der Waals surface area contributed by atoms with Crippen molar-refractivity contribution in [2.24, 2.45) is 0 Å². The Bertz CT molecular complexity index is 738. The van der Waals surface area contributed by atoms with E-state index in [2.05, 4.69) is 15.2 Å². The fraction of sp³-hybridized carbons (Fsp3) is 0.611. The molecule has 2 heterocycles. The van der Waals surface area contributed by atoms with Crippen molar-refractivity contribution in [2.75, 3.05) is 57.8 Å². The van der Waals surface area contributed by atoms with Crippen LogP contribution in [0.2, 0.25) is 5.02 Å². The lowest BCUT2D eigenvalue weighted by Gasteiger charge is -2.29. The number of amides is 1. The van der Waals surface area contributed by atoms with Crippen LogP contribution in [0.3, 0.4) is 0 Å². The SMILES string of the molecule is CNC(CN1CCCN(c2ncc(C(F)(F)F)cc2Cl)CC1)CN(CC=O)C(=O)O. The van der Waals surface area contributed by atoms with Crippen LogP contribution in [0, 0.1) is 0 Å². The van der Waals surface area contributed by atoms with Crippen LogP contribution in [0.5, 0.6) is 0 Å². The van der Waals surface area contributed by atoms with Gasteiger partial charge in [0.2, 0.25) is 0 Å². The standard InChI is InChI=1S/C18H25ClF3N5O3/c1-23-14(12-27(7-8-28)17(29)30)11-25-3-2-4-26(6-5-25)16-15(19)9-13(10-24-16)18(20,21)22/h8-10,14,23H,2-7,11-12H2,1H3,(H,29,30). The molecule has 1 fully saturated rings. The van der Waals surface area contributed by atoms with Gasteiger partial charge in [0.25, 0.3) is 0 Å². The van der Waals surface area contributed by atoms with Crippen molar-refractivity contribution in [1.82, 2.24) is 20.1 Å². The number of halogens is 4. The molecule has 1 aromatic rings. The minimum absolute atomic E-state index is 0.0441. The summed E-state index contributed by atoms with van der Waals surface area (Å²) in [5, 5.41) is 12.2. The molecule has 0 radical (unpaired) electrons. The molecule has 1 unspecified atom stereocenters. The first-order chi connectivity index (χ1) is 14.2. The molecule has 0 aliphatic carbocycles. The van der Waals surface area contributed by atoms with E-state index in [1.807, 2.05) is 4.90 Å². The van der Waals surface area contributed by atoms with Gasteiger partial charge in [0.15, 0.2) is 0 Å². The molecule has 0 aromatic carbocycles. The highest BCUT2D eigenvalue weighted by Gasteiger charge is 2.32. The molecule has 168 valence electrons. The third-order valence-electron chi connectivity index (χ3n) is 4.93. The number of carboxylic acid groups (broad SMARTS) is 1. The number of nitrogens with zero attached hydrogens (tertiary/aromatic N) is 4. The first-order valence-electron chi connectivity index (χ1n) is 9.44. The van der Waals surface area contributed by atoms with E-state index in [1.165, 1.54) is 0 Å². The molecule has 0 saturated carbocycles. The van der Waals surface area contributed by atoms with Gasteiger partial charge in [-0.1, -0.05) is 11.6 Å². The monoisotopic (exact) mass is 451 g/mol. The molecule has 8 nitrogen and oxygen atoms in total. The second-order valence-corrected chi connectivity index (χ2v) is 7.42. The lowest BCUT2D eigenvalue weighted by molar-refractivity contribution is -0.137. The van der Waals surface area contributed by atoms with Crippen LogP contribution in [0.25, 0.3) is 0 Å². The van der Waals surface area contributed by atoms with Crippen LogP contribution in [0.4, 0.5) is 23.8 Å². The summed E-state index contributed by atoms with van der Waals surface area (Å²) in [5.74, 6) is 0.319. The summed E-state index contributed by atoms with van der Waals surface area (Å²) in [6.45, 7) is 2.97. The molecule has 1 atom stereocenters. The van der Waals surface area contributed by atoms with Gasteiger partial charge >= 0.3 is 12.3 Å². The quantitative estimate of drug-likeness (QED) is 0.584. The molecule has 2 rings (SSSR count). The Balaban J connectivity index is 1.99. The Labute approximate surface area is 177 Å². The summed E-state index contributed by atoms with van der Waals surface area (Å²) >= 11 is 6.06. The van der Waals surface area contributed by atoms with Crippen molar-refractivity contribution in [3.8, 4) is 0 Å². The van der Waals surface area contributed by atoms with Crippen molar-refractivity contribution in [2.45, 2.75) is 18.6 Å². The summed E-state index contributed by atoms with van der Waals surface area (Å²) < 4.78 is 38.5. The fourth-order valence-electron chi connectivity index (χ4n) is 3.32. The zero-order valence-corrected chi connectivity index (χ0v) is 17.3. The molecule has 30 heavy (non-hydrogen) atoms. The first-order valence-corrected chi connectivity index (χ1v) is 9.82. The zero-order valence-electron chi connectivity index (χ0n) is 16.5. The predicted molar refractivity (Wildman–Crippen MR) is 106 cm³/mol. The molecule has 0 bridgehead atoms. The average Bonchev–Trinajstić information content (AvgIpc) is 2.91. The number of nitrogens with one attached hydrogen (secondary N) is 1. The number of pyridine rings is 1. The molecule has 1 aliphatic rings. The summed E-state index contributed by atoms with van der Waals surface area (Å²) in [7, 11) is 1.72. The van der Waals surface area contributed by atoms with E-state index in [9.17, 15) is 27.9 Å². The second kappa shape index (κ2) is 10.8. The van der Waals surface area contributed by atoms with Gasteiger partial charge < -0.3 is 20.1 Å². The van der Waals surface area contributed by atoms with E-state index in [0.29, 0.717) is 38.3 Å². The van der Waals surface area contributed by atoms with Gasteiger partial charge in [-0.25, -0.2) is 9.78 Å². The lowest BCUT2D eigenvalue weighted by Crippen LogP contribution is -2.49. The number of anilines is 1. The highest BCUT2D eigenvalue weighted by Crippen LogP contribution is 2.33. The molecule has 2 N–H and O–H groups in total. The Kier molecular flexibility index (Phi) is 8.68. The fourth-order valence-corrected chi connectivity index (χ4v) is 3.61. The molecule has 1 aliphatic heterocycles. The number of aromatic nitrogens is 1. The zero-order chi connectivity index (χ0) is 22.3. The van der Waals surface area contributed by atoms with E-state index in [0.717, 1.165) is 30.1 Å². The molecule has 1 amide bonds. The number of rotatable bonds is 8. The third kappa shape index (κ3) is 6.71. The van der Waals surface area contributed by atoms with Gasteiger partial charge in [0.1, 0.15) is 12.1 Å². The van der Waals surface area contributed by atoms with Crippen LogP contribution in [0.1, 0.15) is 12.0 Å². The van der Waals surface area contributed by atoms with Crippen LogP contribution in [-0.2, 0) is 11.0 Å². The minimum atomic E-state index is -4.50. The van der Waals surface area contributed by atoms with Crippen LogP contribution in [0.15, 0.2) is 12.3 Å². The summed E-state index contributed by atoms with van der Waals surface area (Å²) in [4.78, 5) is 30.9. The summed E-state index contributed by atoms with van der Waals surface area (Å²) in [6.07, 6.45) is -3.58. The molecular formula is C18H25ClF3N5O3. The first kappa shape index (κ1) is 24.2. The number of hydrogen-bond acceptors (Lipinski definition) is 6. The van der Waals surface area contributed by atoms with E-state index < -0.39 is 17.8 Å². The van der Waals surface area contributed by atoms with E-state index >= 15 is 0 Å². The summed E-state index contributed by atoms with van der Waals surface area (Å²) in [5.41, 5.74) is -0.886. The lowest BCUT2D eigenvalue weighted by atomic mass is 10.2. The van der Waals surface area contributed by atoms with Gasteiger partial charge in [-0.05, 0) is 26.1 Å². The maximum absolute atomic E-state index is 12.8. The smallest absolute Gasteiger partial charge is 0.417 e. The van der Waals surface area contributed by atoms with Gasteiger partial charge in [0, 0.05) is 45.0 Å². The van der Waals surface area contributed by atoms with Crippen molar-refractivity contribution in [3.05, 3.63) is 22.8 Å². The van der Waals surface area contributed by atoms with Gasteiger partial charge in [-0.15, -0.1) is 0 Å². The second-order valence-electron chi connectivity index (χ2n) is 7.01. The molecule has 1 aromatic heterocycles.